The van der Waals surface area contributed by atoms with Gasteiger partial charge in [0.1, 0.15) is 5.82 Å². The number of rotatable bonds is 4. The van der Waals surface area contributed by atoms with Crippen molar-refractivity contribution in [1.29, 1.82) is 0 Å². The van der Waals surface area contributed by atoms with E-state index in [9.17, 15) is 0 Å². The largest absolute Gasteiger partial charge is 0.316 e. The predicted molar refractivity (Wildman–Crippen MR) is 58.2 cm³/mol. The molecule has 0 aromatic carbocycles. The van der Waals surface area contributed by atoms with Gasteiger partial charge in [-0.15, -0.1) is 0 Å². The number of nitrogens with one attached hydrogen (secondary N) is 1. The van der Waals surface area contributed by atoms with E-state index in [0.717, 1.165) is 17.9 Å². The van der Waals surface area contributed by atoms with Crippen LogP contribution in [0.2, 0.25) is 0 Å². The van der Waals surface area contributed by atoms with Crippen molar-refractivity contribution in [2.45, 2.75) is 33.2 Å². The van der Waals surface area contributed by atoms with Gasteiger partial charge in [-0.25, -0.2) is 9.97 Å². The van der Waals surface area contributed by atoms with Gasteiger partial charge in [0.15, 0.2) is 0 Å². The third-order valence-corrected chi connectivity index (χ3v) is 2.44. The fraction of sp³-hybridized carbons (Fsp3) is 0.636. The van der Waals surface area contributed by atoms with Gasteiger partial charge in [0.05, 0.1) is 0 Å². The first kappa shape index (κ1) is 11.1. The molecule has 1 unspecified atom stereocenters. The standard InChI is InChI=1S/C11H19N3/c1-8(2)11(12-4)7-10-5-6-13-9(3)14-10/h5-6,8,11-12H,7H2,1-4H3. The maximum absolute atomic E-state index is 4.39. The van der Waals surface area contributed by atoms with Gasteiger partial charge >= 0.3 is 0 Å². The van der Waals surface area contributed by atoms with Crippen molar-refractivity contribution in [2.24, 2.45) is 5.92 Å². The molecule has 1 heterocycles. The fourth-order valence-electron chi connectivity index (χ4n) is 1.52. The number of aromatic nitrogens is 2. The zero-order valence-corrected chi connectivity index (χ0v) is 9.41. The van der Waals surface area contributed by atoms with Crippen LogP contribution in [-0.2, 0) is 6.42 Å². The molecular formula is C11H19N3. The average molecular weight is 193 g/mol. The van der Waals surface area contributed by atoms with E-state index in [1.165, 1.54) is 0 Å². The first-order valence-electron chi connectivity index (χ1n) is 5.09. The fourth-order valence-corrected chi connectivity index (χ4v) is 1.52. The SMILES string of the molecule is CNC(Cc1ccnc(C)n1)C(C)C. The molecule has 1 aromatic rings. The van der Waals surface area contributed by atoms with Crippen molar-refractivity contribution in [3.63, 3.8) is 0 Å². The highest BCUT2D eigenvalue weighted by molar-refractivity contribution is 5.03. The van der Waals surface area contributed by atoms with E-state index in [-0.39, 0.29) is 0 Å². The molecule has 0 fully saturated rings. The summed E-state index contributed by atoms with van der Waals surface area (Å²) in [6.07, 6.45) is 2.79. The quantitative estimate of drug-likeness (QED) is 0.788. The lowest BCUT2D eigenvalue weighted by atomic mass is 9.99. The van der Waals surface area contributed by atoms with E-state index in [1.807, 2.05) is 26.2 Å². The normalized spacial score (nSPS) is 13.2. The van der Waals surface area contributed by atoms with Gasteiger partial charge in [-0.1, -0.05) is 13.8 Å². The zero-order chi connectivity index (χ0) is 10.6. The van der Waals surface area contributed by atoms with E-state index < -0.39 is 0 Å². The minimum absolute atomic E-state index is 0.490. The van der Waals surface area contributed by atoms with Crippen LogP contribution in [0.25, 0.3) is 0 Å². The van der Waals surface area contributed by atoms with Gasteiger partial charge in [-0.2, -0.15) is 0 Å². The summed E-state index contributed by atoms with van der Waals surface area (Å²) < 4.78 is 0. The molecule has 3 heteroatoms. The van der Waals surface area contributed by atoms with Gasteiger partial charge in [0.25, 0.3) is 0 Å². The smallest absolute Gasteiger partial charge is 0.125 e. The second-order valence-corrected chi connectivity index (χ2v) is 3.94. The molecule has 0 amide bonds. The summed E-state index contributed by atoms with van der Waals surface area (Å²) in [7, 11) is 2.00. The molecule has 0 bridgehead atoms. The molecule has 0 aliphatic rings. The summed E-state index contributed by atoms with van der Waals surface area (Å²) in [4.78, 5) is 8.48. The van der Waals surface area contributed by atoms with Crippen LogP contribution in [0.3, 0.4) is 0 Å². The van der Waals surface area contributed by atoms with E-state index in [1.54, 1.807) is 0 Å². The summed E-state index contributed by atoms with van der Waals surface area (Å²) in [5, 5.41) is 3.31. The molecule has 78 valence electrons. The Hall–Kier alpha value is -0.960. The number of hydrogen-bond donors (Lipinski definition) is 1. The van der Waals surface area contributed by atoms with Gasteiger partial charge in [0, 0.05) is 24.4 Å². The average Bonchev–Trinajstić information content (AvgIpc) is 2.14. The molecule has 14 heavy (non-hydrogen) atoms. The summed E-state index contributed by atoms with van der Waals surface area (Å²) in [5.74, 6) is 1.47. The highest BCUT2D eigenvalue weighted by atomic mass is 14.9. The zero-order valence-electron chi connectivity index (χ0n) is 9.41. The third kappa shape index (κ3) is 3.07. The lowest BCUT2D eigenvalue weighted by Gasteiger charge is -2.19. The molecule has 0 spiro atoms. The minimum atomic E-state index is 0.490. The van der Waals surface area contributed by atoms with Crippen LogP contribution >= 0.6 is 0 Å². The van der Waals surface area contributed by atoms with E-state index >= 15 is 0 Å². The molecule has 1 atom stereocenters. The third-order valence-electron chi connectivity index (χ3n) is 2.44. The molecule has 0 saturated heterocycles. The van der Waals surface area contributed by atoms with Crippen LogP contribution in [0.1, 0.15) is 25.4 Å². The van der Waals surface area contributed by atoms with Crippen molar-refractivity contribution in [3.8, 4) is 0 Å². The molecule has 1 N–H and O–H groups in total. The lowest BCUT2D eigenvalue weighted by Crippen LogP contribution is -2.33. The first-order valence-corrected chi connectivity index (χ1v) is 5.09. The Labute approximate surface area is 86.0 Å². The second kappa shape index (κ2) is 5.05. The Morgan fingerprint density at radius 3 is 2.64 bits per heavy atom. The predicted octanol–water partition coefficient (Wildman–Crippen LogP) is 1.57. The van der Waals surface area contributed by atoms with E-state index in [2.05, 4.69) is 29.1 Å². The maximum Gasteiger partial charge on any atom is 0.125 e. The number of aryl methyl sites for hydroxylation is 1. The van der Waals surface area contributed by atoms with Gasteiger partial charge in [-0.05, 0) is 26.0 Å². The molecule has 1 aromatic heterocycles. The van der Waals surface area contributed by atoms with Gasteiger partial charge in [-0.3, -0.25) is 0 Å². The molecule has 0 radical (unpaired) electrons. The van der Waals surface area contributed by atoms with Crippen molar-refractivity contribution >= 4 is 0 Å². The molecular weight excluding hydrogens is 174 g/mol. The summed E-state index contributed by atoms with van der Waals surface area (Å²) >= 11 is 0. The van der Waals surface area contributed by atoms with Crippen molar-refractivity contribution < 1.29 is 0 Å². The van der Waals surface area contributed by atoms with Crippen LogP contribution in [0.15, 0.2) is 12.3 Å². The minimum Gasteiger partial charge on any atom is -0.316 e. The Kier molecular flexibility index (Phi) is 4.01. The Balaban J connectivity index is 2.67. The maximum atomic E-state index is 4.39. The lowest BCUT2D eigenvalue weighted by molar-refractivity contribution is 0.421. The molecule has 1 rings (SSSR count). The highest BCUT2D eigenvalue weighted by Gasteiger charge is 2.12. The Morgan fingerprint density at radius 1 is 1.43 bits per heavy atom. The van der Waals surface area contributed by atoms with Gasteiger partial charge in [0.2, 0.25) is 0 Å². The van der Waals surface area contributed by atoms with E-state index in [4.69, 9.17) is 0 Å². The van der Waals surface area contributed by atoms with Crippen LogP contribution in [0.5, 0.6) is 0 Å². The second-order valence-electron chi connectivity index (χ2n) is 3.94. The number of nitrogens with zero attached hydrogens (tertiary/aromatic N) is 2. The van der Waals surface area contributed by atoms with Crippen molar-refractivity contribution in [1.82, 2.24) is 15.3 Å². The van der Waals surface area contributed by atoms with Gasteiger partial charge < -0.3 is 5.32 Å². The number of likely N-dealkylation sites (N-methyl/N-ethyl adjacent to an activating group) is 1. The van der Waals surface area contributed by atoms with Crippen molar-refractivity contribution in [3.05, 3.63) is 23.8 Å². The Bertz CT molecular complexity index is 284. The molecule has 0 aliphatic heterocycles. The van der Waals surface area contributed by atoms with Crippen LogP contribution in [0, 0.1) is 12.8 Å². The van der Waals surface area contributed by atoms with Crippen molar-refractivity contribution in [2.75, 3.05) is 7.05 Å². The van der Waals surface area contributed by atoms with Crippen LogP contribution in [-0.4, -0.2) is 23.1 Å². The molecule has 0 aliphatic carbocycles. The van der Waals surface area contributed by atoms with Crippen LogP contribution < -0.4 is 5.32 Å². The number of hydrogen-bond acceptors (Lipinski definition) is 3. The Morgan fingerprint density at radius 2 is 2.14 bits per heavy atom. The summed E-state index contributed by atoms with van der Waals surface area (Å²) in [5.41, 5.74) is 1.12. The monoisotopic (exact) mass is 193 g/mol. The summed E-state index contributed by atoms with van der Waals surface area (Å²) in [6.45, 7) is 6.36. The molecule has 3 nitrogen and oxygen atoms in total. The van der Waals surface area contributed by atoms with Crippen LogP contribution in [0.4, 0.5) is 0 Å². The van der Waals surface area contributed by atoms with E-state index in [0.29, 0.717) is 12.0 Å². The first-order chi connectivity index (χ1) is 6.63. The molecule has 0 saturated carbocycles. The summed E-state index contributed by atoms with van der Waals surface area (Å²) in [6, 6.07) is 2.48. The highest BCUT2D eigenvalue weighted by Crippen LogP contribution is 2.07. The topological polar surface area (TPSA) is 37.8 Å².